The molecule has 2 amide bonds. The van der Waals surface area contributed by atoms with E-state index < -0.39 is 5.92 Å². The van der Waals surface area contributed by atoms with Gasteiger partial charge in [0.15, 0.2) is 11.5 Å². The zero-order valence-corrected chi connectivity index (χ0v) is 15.6. The van der Waals surface area contributed by atoms with Crippen molar-refractivity contribution < 1.29 is 19.1 Å². The van der Waals surface area contributed by atoms with E-state index in [9.17, 15) is 9.59 Å². The van der Waals surface area contributed by atoms with Gasteiger partial charge in [0, 0.05) is 31.8 Å². The van der Waals surface area contributed by atoms with Crippen molar-refractivity contribution in [3.63, 3.8) is 0 Å². The molecule has 2 aromatic rings. The minimum Gasteiger partial charge on any atom is -0.486 e. The summed E-state index contributed by atoms with van der Waals surface area (Å²) in [5.74, 6) is 0.647. The number of fused-ring (bicyclic) bond motifs is 1. The third-order valence-electron chi connectivity index (χ3n) is 5.09. The summed E-state index contributed by atoms with van der Waals surface area (Å²) in [4.78, 5) is 26.8. The van der Waals surface area contributed by atoms with Crippen LogP contribution in [0, 0.1) is 19.8 Å². The maximum Gasteiger partial charge on any atom is 0.229 e. The number of rotatable bonds is 3. The Kier molecular flexibility index (Phi) is 4.25. The standard InChI is InChI=1S/C19H22N4O4/c1-11-18(12(2)22(3)21-11)20-19(25)13-8-17(24)23(10-13)14-4-5-15-16(9-14)27-7-6-26-15/h4-5,9,13H,6-8,10H2,1-3H3,(H,20,25). The Morgan fingerprint density at radius 3 is 2.67 bits per heavy atom. The van der Waals surface area contributed by atoms with E-state index in [2.05, 4.69) is 10.4 Å². The molecule has 3 heterocycles. The normalized spacial score (nSPS) is 18.7. The Morgan fingerprint density at radius 2 is 1.96 bits per heavy atom. The van der Waals surface area contributed by atoms with Gasteiger partial charge < -0.3 is 19.7 Å². The highest BCUT2D eigenvalue weighted by Crippen LogP contribution is 2.36. The topological polar surface area (TPSA) is 85.7 Å². The predicted molar refractivity (Wildman–Crippen MR) is 99.2 cm³/mol. The lowest BCUT2D eigenvalue weighted by molar-refractivity contribution is -0.122. The van der Waals surface area contributed by atoms with Crippen LogP contribution in [0.4, 0.5) is 11.4 Å². The van der Waals surface area contributed by atoms with Crippen LogP contribution < -0.4 is 19.7 Å². The number of hydrogen-bond acceptors (Lipinski definition) is 5. The van der Waals surface area contributed by atoms with E-state index in [4.69, 9.17) is 9.47 Å². The number of hydrogen-bond donors (Lipinski definition) is 1. The fourth-order valence-electron chi connectivity index (χ4n) is 3.51. The molecule has 1 atom stereocenters. The summed E-state index contributed by atoms with van der Waals surface area (Å²) in [6.07, 6.45) is 0.179. The van der Waals surface area contributed by atoms with Gasteiger partial charge in [-0.3, -0.25) is 14.3 Å². The molecular weight excluding hydrogens is 348 g/mol. The molecule has 1 aromatic heterocycles. The highest BCUT2D eigenvalue weighted by atomic mass is 16.6. The monoisotopic (exact) mass is 370 g/mol. The molecule has 1 unspecified atom stereocenters. The highest BCUT2D eigenvalue weighted by molar-refractivity contribution is 6.04. The van der Waals surface area contributed by atoms with E-state index in [1.807, 2.05) is 27.0 Å². The second kappa shape index (κ2) is 6.61. The Labute approximate surface area is 157 Å². The largest absolute Gasteiger partial charge is 0.486 e. The van der Waals surface area contributed by atoms with E-state index in [0.717, 1.165) is 11.4 Å². The van der Waals surface area contributed by atoms with Crippen molar-refractivity contribution in [1.82, 2.24) is 9.78 Å². The first kappa shape index (κ1) is 17.4. The van der Waals surface area contributed by atoms with Crippen LogP contribution in [0.3, 0.4) is 0 Å². The van der Waals surface area contributed by atoms with Gasteiger partial charge in [0.2, 0.25) is 11.8 Å². The Hall–Kier alpha value is -3.03. The molecule has 2 aliphatic heterocycles. The molecule has 27 heavy (non-hydrogen) atoms. The van der Waals surface area contributed by atoms with Gasteiger partial charge in [-0.15, -0.1) is 0 Å². The Balaban J connectivity index is 1.49. The average molecular weight is 370 g/mol. The number of nitrogens with zero attached hydrogens (tertiary/aromatic N) is 3. The summed E-state index contributed by atoms with van der Waals surface area (Å²) in [6, 6.07) is 5.41. The molecule has 1 fully saturated rings. The zero-order chi connectivity index (χ0) is 19.1. The van der Waals surface area contributed by atoms with E-state index in [1.165, 1.54) is 0 Å². The second-order valence-corrected chi connectivity index (χ2v) is 6.89. The van der Waals surface area contributed by atoms with E-state index >= 15 is 0 Å². The summed E-state index contributed by atoms with van der Waals surface area (Å²) in [5, 5.41) is 7.25. The smallest absolute Gasteiger partial charge is 0.229 e. The van der Waals surface area contributed by atoms with Gasteiger partial charge >= 0.3 is 0 Å². The Morgan fingerprint density at radius 1 is 1.22 bits per heavy atom. The van der Waals surface area contributed by atoms with Crippen molar-refractivity contribution in [3.05, 3.63) is 29.6 Å². The number of amides is 2. The van der Waals surface area contributed by atoms with Gasteiger partial charge in [0.05, 0.1) is 23.0 Å². The minimum atomic E-state index is -0.412. The van der Waals surface area contributed by atoms with E-state index in [1.54, 1.807) is 21.7 Å². The molecule has 8 heteroatoms. The number of aromatic nitrogens is 2. The molecule has 4 rings (SSSR count). The number of carbonyl (C=O) groups excluding carboxylic acids is 2. The molecule has 142 valence electrons. The van der Waals surface area contributed by atoms with Crippen molar-refractivity contribution in [2.24, 2.45) is 13.0 Å². The van der Waals surface area contributed by atoms with Crippen molar-refractivity contribution in [2.75, 3.05) is 30.0 Å². The fourth-order valence-corrected chi connectivity index (χ4v) is 3.51. The number of aryl methyl sites for hydroxylation is 2. The summed E-state index contributed by atoms with van der Waals surface area (Å²) in [6.45, 7) is 5.09. The molecule has 1 saturated heterocycles. The third kappa shape index (κ3) is 3.11. The van der Waals surface area contributed by atoms with Gasteiger partial charge in [0.25, 0.3) is 0 Å². The minimum absolute atomic E-state index is 0.0774. The summed E-state index contributed by atoms with van der Waals surface area (Å²) in [7, 11) is 1.83. The van der Waals surface area contributed by atoms with Crippen LogP contribution in [0.1, 0.15) is 17.8 Å². The molecule has 0 spiro atoms. The van der Waals surface area contributed by atoms with Crippen LogP contribution in [-0.4, -0.2) is 41.4 Å². The van der Waals surface area contributed by atoms with Crippen LogP contribution in [0.25, 0.3) is 0 Å². The molecular formula is C19H22N4O4. The first-order valence-electron chi connectivity index (χ1n) is 8.95. The lowest BCUT2D eigenvalue weighted by atomic mass is 10.1. The van der Waals surface area contributed by atoms with Gasteiger partial charge in [-0.25, -0.2) is 0 Å². The maximum atomic E-state index is 12.7. The fraction of sp³-hybridized carbons (Fsp3) is 0.421. The Bertz CT molecular complexity index is 921. The summed E-state index contributed by atoms with van der Waals surface area (Å²) >= 11 is 0. The van der Waals surface area contributed by atoms with E-state index in [-0.39, 0.29) is 18.2 Å². The first-order valence-corrected chi connectivity index (χ1v) is 8.95. The van der Waals surface area contributed by atoms with Gasteiger partial charge in [-0.05, 0) is 26.0 Å². The predicted octanol–water partition coefficient (Wildman–Crippen LogP) is 1.80. The number of benzene rings is 1. The molecule has 0 radical (unpaired) electrons. The van der Waals surface area contributed by atoms with Crippen molar-refractivity contribution in [1.29, 1.82) is 0 Å². The van der Waals surface area contributed by atoms with Crippen LogP contribution >= 0.6 is 0 Å². The quantitative estimate of drug-likeness (QED) is 0.890. The zero-order valence-electron chi connectivity index (χ0n) is 15.6. The maximum absolute atomic E-state index is 12.7. The summed E-state index contributed by atoms with van der Waals surface area (Å²) in [5.41, 5.74) is 3.08. The van der Waals surface area contributed by atoms with Gasteiger partial charge in [-0.1, -0.05) is 0 Å². The van der Waals surface area contributed by atoms with Crippen LogP contribution in [0.2, 0.25) is 0 Å². The van der Waals surface area contributed by atoms with Crippen LogP contribution in [-0.2, 0) is 16.6 Å². The number of anilines is 2. The lowest BCUT2D eigenvalue weighted by Gasteiger charge is -2.22. The number of ether oxygens (including phenoxy) is 2. The lowest BCUT2D eigenvalue weighted by Crippen LogP contribution is -2.28. The molecule has 1 N–H and O–H groups in total. The summed E-state index contributed by atoms with van der Waals surface area (Å²) < 4.78 is 12.8. The van der Waals surface area contributed by atoms with Gasteiger partial charge in [0.1, 0.15) is 13.2 Å². The first-order chi connectivity index (χ1) is 12.9. The number of nitrogens with one attached hydrogen (secondary N) is 1. The molecule has 8 nitrogen and oxygen atoms in total. The van der Waals surface area contributed by atoms with Crippen LogP contribution in [0.15, 0.2) is 18.2 Å². The molecule has 0 saturated carbocycles. The van der Waals surface area contributed by atoms with Crippen LogP contribution in [0.5, 0.6) is 11.5 Å². The molecule has 1 aromatic carbocycles. The van der Waals surface area contributed by atoms with Crippen molar-refractivity contribution in [3.8, 4) is 11.5 Å². The second-order valence-electron chi connectivity index (χ2n) is 6.89. The average Bonchev–Trinajstić information content (AvgIpc) is 3.16. The van der Waals surface area contributed by atoms with Crippen molar-refractivity contribution >= 4 is 23.2 Å². The molecule has 0 bridgehead atoms. The van der Waals surface area contributed by atoms with Crippen molar-refractivity contribution in [2.45, 2.75) is 20.3 Å². The number of carbonyl (C=O) groups is 2. The molecule has 2 aliphatic rings. The molecule has 0 aliphatic carbocycles. The van der Waals surface area contributed by atoms with Gasteiger partial charge in [-0.2, -0.15) is 5.10 Å². The third-order valence-corrected chi connectivity index (χ3v) is 5.09. The highest BCUT2D eigenvalue weighted by Gasteiger charge is 2.36. The van der Waals surface area contributed by atoms with E-state index in [0.29, 0.717) is 42.6 Å². The SMILES string of the molecule is Cc1nn(C)c(C)c1NC(=O)C1CC(=O)N(c2ccc3c(c2)OCCO3)C1.